The highest BCUT2D eigenvalue weighted by molar-refractivity contribution is 5.83. The summed E-state index contributed by atoms with van der Waals surface area (Å²) in [6, 6.07) is 0. The molecule has 0 unspecified atom stereocenters. The molecular weight excluding hydrogens is 232 g/mol. The summed E-state index contributed by atoms with van der Waals surface area (Å²) in [5.41, 5.74) is 0. The normalized spacial score (nSPS) is 15.6. The Balaban J connectivity index is 2.38. The number of hydrogen-bond donors (Lipinski definition) is 0. The monoisotopic (exact) mass is 256 g/mol. The Labute approximate surface area is 109 Å². The molecule has 0 atom stereocenters. The van der Waals surface area contributed by atoms with E-state index < -0.39 is 0 Å². The fourth-order valence-corrected chi connectivity index (χ4v) is 1.98. The van der Waals surface area contributed by atoms with Crippen LogP contribution in [-0.2, 0) is 14.3 Å². The summed E-state index contributed by atoms with van der Waals surface area (Å²) in [4.78, 5) is 26.9. The van der Waals surface area contributed by atoms with Gasteiger partial charge in [0.2, 0.25) is 11.8 Å². The average molecular weight is 256 g/mol. The van der Waals surface area contributed by atoms with Crippen molar-refractivity contribution in [2.24, 2.45) is 0 Å². The van der Waals surface area contributed by atoms with Crippen LogP contribution in [0.5, 0.6) is 0 Å². The van der Waals surface area contributed by atoms with E-state index in [4.69, 9.17) is 4.74 Å². The van der Waals surface area contributed by atoms with E-state index in [1.54, 1.807) is 9.80 Å². The topological polar surface area (TPSA) is 49.9 Å². The molecule has 1 fully saturated rings. The summed E-state index contributed by atoms with van der Waals surface area (Å²) in [5, 5.41) is 0. The van der Waals surface area contributed by atoms with Gasteiger partial charge in [-0.05, 0) is 6.42 Å². The first kappa shape index (κ1) is 15.0. The summed E-state index contributed by atoms with van der Waals surface area (Å²) >= 11 is 0. The minimum absolute atomic E-state index is 0.0206. The molecule has 18 heavy (non-hydrogen) atoms. The number of carbonyl (C=O) groups is 2. The average Bonchev–Trinajstić information content (AvgIpc) is 2.38. The Hall–Kier alpha value is -1.10. The minimum Gasteiger partial charge on any atom is -0.378 e. The molecule has 5 heteroatoms. The van der Waals surface area contributed by atoms with Crippen LogP contribution in [0.2, 0.25) is 0 Å². The van der Waals surface area contributed by atoms with E-state index in [-0.39, 0.29) is 18.4 Å². The van der Waals surface area contributed by atoms with E-state index in [9.17, 15) is 9.59 Å². The van der Waals surface area contributed by atoms with Gasteiger partial charge in [0.15, 0.2) is 0 Å². The molecule has 0 aliphatic carbocycles. The molecule has 0 N–H and O–H groups in total. The van der Waals surface area contributed by atoms with Crippen molar-refractivity contribution in [3.05, 3.63) is 0 Å². The van der Waals surface area contributed by atoms with Crippen molar-refractivity contribution >= 4 is 11.8 Å². The SMILES string of the molecule is CCCCCN(CC(=O)N1CCOCC1)C(C)=O. The zero-order valence-electron chi connectivity index (χ0n) is 11.5. The van der Waals surface area contributed by atoms with Crippen molar-refractivity contribution < 1.29 is 14.3 Å². The van der Waals surface area contributed by atoms with Gasteiger partial charge in [0.05, 0.1) is 19.8 Å². The van der Waals surface area contributed by atoms with Crippen molar-refractivity contribution in [3.63, 3.8) is 0 Å². The molecule has 0 radical (unpaired) electrons. The van der Waals surface area contributed by atoms with E-state index >= 15 is 0 Å². The third-order valence-corrected chi connectivity index (χ3v) is 3.17. The summed E-state index contributed by atoms with van der Waals surface area (Å²) in [6.45, 7) is 7.01. The van der Waals surface area contributed by atoms with Crippen LogP contribution in [0.1, 0.15) is 33.1 Å². The number of unbranched alkanes of at least 4 members (excludes halogenated alkanes) is 2. The number of hydrogen-bond acceptors (Lipinski definition) is 3. The Kier molecular flexibility index (Phi) is 6.72. The number of amides is 2. The number of morpholine rings is 1. The van der Waals surface area contributed by atoms with Crippen molar-refractivity contribution in [1.82, 2.24) is 9.80 Å². The lowest BCUT2D eigenvalue weighted by molar-refractivity contribution is -0.142. The lowest BCUT2D eigenvalue weighted by Crippen LogP contribution is -2.46. The molecule has 1 rings (SSSR count). The maximum Gasteiger partial charge on any atom is 0.242 e. The number of ether oxygens (including phenoxy) is 1. The van der Waals surface area contributed by atoms with Crippen LogP contribution in [0, 0.1) is 0 Å². The predicted octanol–water partition coefficient (Wildman–Crippen LogP) is 0.884. The summed E-state index contributed by atoms with van der Waals surface area (Å²) < 4.78 is 5.21. The molecule has 1 saturated heterocycles. The van der Waals surface area contributed by atoms with Gasteiger partial charge in [-0.25, -0.2) is 0 Å². The van der Waals surface area contributed by atoms with Crippen molar-refractivity contribution in [1.29, 1.82) is 0 Å². The number of carbonyl (C=O) groups excluding carboxylic acids is 2. The molecule has 0 aromatic carbocycles. The maximum atomic E-state index is 12.0. The first-order valence-electron chi connectivity index (χ1n) is 6.76. The van der Waals surface area contributed by atoms with E-state index in [1.165, 1.54) is 6.92 Å². The van der Waals surface area contributed by atoms with Crippen molar-refractivity contribution in [3.8, 4) is 0 Å². The maximum absolute atomic E-state index is 12.0. The predicted molar refractivity (Wildman–Crippen MR) is 69.2 cm³/mol. The Morgan fingerprint density at radius 3 is 2.44 bits per heavy atom. The smallest absolute Gasteiger partial charge is 0.242 e. The number of rotatable bonds is 6. The lowest BCUT2D eigenvalue weighted by atomic mass is 10.2. The highest BCUT2D eigenvalue weighted by Crippen LogP contribution is 2.03. The summed E-state index contributed by atoms with van der Waals surface area (Å²) in [5.74, 6) is 0.0118. The van der Waals surface area contributed by atoms with Crippen LogP contribution in [-0.4, -0.2) is 61.0 Å². The van der Waals surface area contributed by atoms with Gasteiger partial charge in [-0.1, -0.05) is 19.8 Å². The van der Waals surface area contributed by atoms with E-state index in [1.807, 2.05) is 0 Å². The molecule has 0 aromatic rings. The molecule has 1 aliphatic heterocycles. The molecule has 1 heterocycles. The van der Waals surface area contributed by atoms with E-state index in [2.05, 4.69) is 6.92 Å². The standard InChI is InChI=1S/C13H24N2O3/c1-3-4-5-6-15(12(2)16)11-13(17)14-7-9-18-10-8-14/h3-11H2,1-2H3. The zero-order valence-corrected chi connectivity index (χ0v) is 11.5. The highest BCUT2D eigenvalue weighted by Gasteiger charge is 2.20. The fraction of sp³-hybridized carbons (Fsp3) is 0.846. The third kappa shape index (κ3) is 5.04. The first-order valence-corrected chi connectivity index (χ1v) is 6.76. The first-order chi connectivity index (χ1) is 8.65. The molecular formula is C13H24N2O3. The van der Waals surface area contributed by atoms with Gasteiger partial charge in [-0.15, -0.1) is 0 Å². The van der Waals surface area contributed by atoms with E-state index in [0.29, 0.717) is 32.8 Å². The fourth-order valence-electron chi connectivity index (χ4n) is 1.98. The second-order valence-corrected chi connectivity index (χ2v) is 4.64. The quantitative estimate of drug-likeness (QED) is 0.663. The molecule has 2 amide bonds. The molecule has 0 aromatic heterocycles. The molecule has 0 saturated carbocycles. The van der Waals surface area contributed by atoms with Crippen molar-refractivity contribution in [2.45, 2.75) is 33.1 Å². The van der Waals surface area contributed by atoms with Gasteiger partial charge in [0.25, 0.3) is 0 Å². The van der Waals surface area contributed by atoms with Crippen LogP contribution >= 0.6 is 0 Å². The van der Waals surface area contributed by atoms with Crippen LogP contribution in [0.15, 0.2) is 0 Å². The molecule has 0 bridgehead atoms. The van der Waals surface area contributed by atoms with Crippen LogP contribution in [0.3, 0.4) is 0 Å². The highest BCUT2D eigenvalue weighted by atomic mass is 16.5. The molecule has 1 aliphatic rings. The number of nitrogens with zero attached hydrogens (tertiary/aromatic N) is 2. The Morgan fingerprint density at radius 1 is 1.22 bits per heavy atom. The molecule has 5 nitrogen and oxygen atoms in total. The van der Waals surface area contributed by atoms with Crippen molar-refractivity contribution in [2.75, 3.05) is 39.4 Å². The Morgan fingerprint density at radius 2 is 1.89 bits per heavy atom. The lowest BCUT2D eigenvalue weighted by Gasteiger charge is -2.29. The van der Waals surface area contributed by atoms with Gasteiger partial charge in [0, 0.05) is 26.6 Å². The zero-order chi connectivity index (χ0) is 13.4. The minimum atomic E-state index is -0.0206. The van der Waals surface area contributed by atoms with Crippen LogP contribution < -0.4 is 0 Å². The second-order valence-electron chi connectivity index (χ2n) is 4.64. The Bertz CT molecular complexity index is 275. The summed E-state index contributed by atoms with van der Waals surface area (Å²) in [6.07, 6.45) is 3.17. The third-order valence-electron chi connectivity index (χ3n) is 3.17. The van der Waals surface area contributed by atoms with Gasteiger partial charge >= 0.3 is 0 Å². The van der Waals surface area contributed by atoms with Crippen LogP contribution in [0.4, 0.5) is 0 Å². The van der Waals surface area contributed by atoms with Gasteiger partial charge in [-0.3, -0.25) is 9.59 Å². The molecule has 0 spiro atoms. The molecule has 104 valence electrons. The largest absolute Gasteiger partial charge is 0.378 e. The van der Waals surface area contributed by atoms with Gasteiger partial charge in [-0.2, -0.15) is 0 Å². The van der Waals surface area contributed by atoms with Gasteiger partial charge in [0.1, 0.15) is 0 Å². The second kappa shape index (κ2) is 8.08. The van der Waals surface area contributed by atoms with Gasteiger partial charge < -0.3 is 14.5 Å². The summed E-state index contributed by atoms with van der Waals surface area (Å²) in [7, 11) is 0. The van der Waals surface area contributed by atoms with E-state index in [0.717, 1.165) is 19.3 Å². The van der Waals surface area contributed by atoms with Crippen LogP contribution in [0.25, 0.3) is 0 Å².